The lowest BCUT2D eigenvalue weighted by atomic mass is 9.96. The lowest BCUT2D eigenvalue weighted by molar-refractivity contribution is 0.0400. The number of aromatic nitrogens is 2. The van der Waals surface area contributed by atoms with Gasteiger partial charge in [0.25, 0.3) is 17.4 Å². The number of hydrogen-bond donors (Lipinski definition) is 2. The number of hydrogen-bond acceptors (Lipinski definition) is 7. The first kappa shape index (κ1) is 29.6. The quantitative estimate of drug-likeness (QED) is 0.328. The normalized spacial score (nSPS) is 19.8. The molecule has 1 atom stereocenters. The molecule has 7 rings (SSSR count). The summed E-state index contributed by atoms with van der Waals surface area (Å²) in [6.07, 6.45) is 6.90. The number of halogens is 1. The molecule has 2 amide bonds. The number of benzene rings is 1. The summed E-state index contributed by atoms with van der Waals surface area (Å²) in [5.74, 6) is 0.272. The van der Waals surface area contributed by atoms with Gasteiger partial charge in [0.05, 0.1) is 31.9 Å². The van der Waals surface area contributed by atoms with Gasteiger partial charge in [0.15, 0.2) is 0 Å². The highest BCUT2D eigenvalue weighted by molar-refractivity contribution is 6.05. The smallest absolute Gasteiger partial charge is 0.263 e. The summed E-state index contributed by atoms with van der Waals surface area (Å²) < 4.78 is 26.4. The summed E-state index contributed by atoms with van der Waals surface area (Å²) in [5.41, 5.74) is 3.14. The van der Waals surface area contributed by atoms with E-state index < -0.39 is 12.1 Å². The molecule has 0 bridgehead atoms. The van der Waals surface area contributed by atoms with Gasteiger partial charge in [-0.15, -0.1) is 0 Å². The number of nitrogens with zero attached hydrogens (tertiary/aromatic N) is 3. The van der Waals surface area contributed by atoms with E-state index in [0.29, 0.717) is 41.3 Å². The third kappa shape index (κ3) is 6.50. The van der Waals surface area contributed by atoms with Crippen LogP contribution in [0.4, 0.5) is 10.2 Å². The lowest BCUT2D eigenvalue weighted by Crippen LogP contribution is -2.51. The Morgan fingerprint density at radius 1 is 1.07 bits per heavy atom. The van der Waals surface area contributed by atoms with Crippen LogP contribution in [0.3, 0.4) is 0 Å². The summed E-state index contributed by atoms with van der Waals surface area (Å²) >= 11 is 0. The third-order valence-corrected chi connectivity index (χ3v) is 8.98. The van der Waals surface area contributed by atoms with Crippen molar-refractivity contribution in [2.45, 2.75) is 69.3 Å². The number of pyridine rings is 2. The Morgan fingerprint density at radius 3 is 2.58 bits per heavy atom. The molecule has 2 N–H and O–H groups in total. The minimum atomic E-state index is -1.02. The molecule has 2 aromatic heterocycles. The third-order valence-electron chi connectivity index (χ3n) is 8.98. The average molecular weight is 616 g/mol. The second kappa shape index (κ2) is 12.4. The van der Waals surface area contributed by atoms with Crippen molar-refractivity contribution in [1.29, 1.82) is 0 Å². The van der Waals surface area contributed by atoms with Crippen molar-refractivity contribution in [3.63, 3.8) is 0 Å². The van der Waals surface area contributed by atoms with Crippen LogP contribution in [-0.2, 0) is 11.3 Å². The number of carbonyl (C=O) groups excluding carboxylic acids is 2. The van der Waals surface area contributed by atoms with E-state index in [0.717, 1.165) is 56.4 Å². The Labute approximate surface area is 260 Å². The zero-order valence-electron chi connectivity index (χ0n) is 25.4. The maximum absolute atomic E-state index is 13.7. The fraction of sp³-hybridized carbons (Fsp3) is 0.471. The van der Waals surface area contributed by atoms with Gasteiger partial charge in [-0.25, -0.2) is 9.37 Å². The second-order valence-electron chi connectivity index (χ2n) is 12.6. The predicted octanol–water partition coefficient (Wildman–Crippen LogP) is 4.45. The topological polar surface area (TPSA) is 115 Å². The van der Waals surface area contributed by atoms with E-state index in [1.54, 1.807) is 34.9 Å². The zero-order valence-corrected chi connectivity index (χ0v) is 25.4. The van der Waals surface area contributed by atoms with Gasteiger partial charge >= 0.3 is 0 Å². The monoisotopic (exact) mass is 615 g/mol. The molecule has 2 aliphatic carbocycles. The Morgan fingerprint density at radius 2 is 1.89 bits per heavy atom. The van der Waals surface area contributed by atoms with Crippen LogP contribution < -0.4 is 20.9 Å². The lowest BCUT2D eigenvalue weighted by Gasteiger charge is -2.34. The first-order valence-electron chi connectivity index (χ1n) is 15.9. The predicted molar refractivity (Wildman–Crippen MR) is 167 cm³/mol. The van der Waals surface area contributed by atoms with Crippen LogP contribution in [0.15, 0.2) is 47.4 Å². The van der Waals surface area contributed by atoms with E-state index >= 15 is 0 Å². The number of alkyl halides is 1. The molecule has 236 valence electrons. The Bertz CT molecular complexity index is 1670. The second-order valence-corrected chi connectivity index (χ2v) is 12.6. The van der Waals surface area contributed by atoms with Gasteiger partial charge in [0.2, 0.25) is 0 Å². The van der Waals surface area contributed by atoms with Crippen LogP contribution >= 0.6 is 0 Å². The van der Waals surface area contributed by atoms with Crippen molar-refractivity contribution in [3.05, 3.63) is 75.3 Å². The number of methoxy groups -OCH3 is 1. The van der Waals surface area contributed by atoms with Gasteiger partial charge in [-0.2, -0.15) is 0 Å². The van der Waals surface area contributed by atoms with Gasteiger partial charge in [-0.3, -0.25) is 14.4 Å². The molecule has 0 unspecified atom stereocenters. The molecule has 4 aliphatic rings. The van der Waals surface area contributed by atoms with Crippen LogP contribution in [0.5, 0.6) is 5.75 Å². The number of rotatable bonds is 11. The standard InChI is InChI=1S/C34H38FN5O5/c1-44-25-8-9-27(28(14-25)33(42)39-18-23(35)19-39)22-12-30(21-4-5-21)37-31(13-22)38-32(41)29-11-20(15-36-16-26-3-2-10-45-26)17-40(34(29)43)24-6-7-24/h8-9,11-14,17,21,23-24,26,36H,2-7,10,15-16,18-19H2,1H3,(H,37,38,41)/t26-/m0/s1. The van der Waals surface area contributed by atoms with Crippen LogP contribution in [-0.4, -0.2) is 71.9 Å². The molecule has 0 radical (unpaired) electrons. The maximum Gasteiger partial charge on any atom is 0.263 e. The Balaban J connectivity index is 1.18. The van der Waals surface area contributed by atoms with Crippen LogP contribution in [0.2, 0.25) is 0 Å². The van der Waals surface area contributed by atoms with Crippen LogP contribution in [0.25, 0.3) is 11.1 Å². The number of ether oxygens (including phenoxy) is 2. The van der Waals surface area contributed by atoms with Crippen molar-refractivity contribution in [2.75, 3.05) is 38.7 Å². The average Bonchev–Trinajstić information content (AvgIpc) is 3.98. The first-order valence-corrected chi connectivity index (χ1v) is 15.9. The highest BCUT2D eigenvalue weighted by Crippen LogP contribution is 2.42. The minimum Gasteiger partial charge on any atom is -0.497 e. The largest absolute Gasteiger partial charge is 0.497 e. The van der Waals surface area contributed by atoms with Gasteiger partial charge in [0, 0.05) is 43.5 Å². The number of likely N-dealkylation sites (tertiary alicyclic amines) is 1. The van der Waals surface area contributed by atoms with E-state index in [-0.39, 0.29) is 48.2 Å². The molecule has 45 heavy (non-hydrogen) atoms. The highest BCUT2D eigenvalue weighted by Gasteiger charge is 2.33. The first-order chi connectivity index (χ1) is 21.9. The summed E-state index contributed by atoms with van der Waals surface area (Å²) in [7, 11) is 1.53. The van der Waals surface area contributed by atoms with Crippen molar-refractivity contribution in [1.82, 2.24) is 19.8 Å². The van der Waals surface area contributed by atoms with Crippen molar-refractivity contribution in [2.24, 2.45) is 0 Å². The molecule has 4 heterocycles. The van der Waals surface area contributed by atoms with Crippen molar-refractivity contribution in [3.8, 4) is 16.9 Å². The maximum atomic E-state index is 13.7. The van der Waals surface area contributed by atoms with Crippen LogP contribution in [0.1, 0.15) is 82.5 Å². The molecule has 0 spiro atoms. The summed E-state index contributed by atoms with van der Waals surface area (Å²) in [6, 6.07) is 10.7. The molecular formula is C34H38FN5O5. The number of carbonyl (C=O) groups is 2. The molecule has 2 saturated heterocycles. The molecule has 1 aromatic carbocycles. The zero-order chi connectivity index (χ0) is 31.1. The Hall–Kier alpha value is -4.09. The highest BCUT2D eigenvalue weighted by atomic mass is 19.1. The molecule has 10 nitrogen and oxygen atoms in total. The number of amides is 2. The molecule has 4 fully saturated rings. The molecule has 2 aliphatic heterocycles. The van der Waals surface area contributed by atoms with Gasteiger partial charge in [-0.1, -0.05) is 0 Å². The van der Waals surface area contributed by atoms with Crippen molar-refractivity contribution >= 4 is 17.6 Å². The Kier molecular flexibility index (Phi) is 8.14. The fourth-order valence-corrected chi connectivity index (χ4v) is 6.11. The van der Waals surface area contributed by atoms with Gasteiger partial charge < -0.3 is 29.6 Å². The molecule has 2 saturated carbocycles. The van der Waals surface area contributed by atoms with Crippen LogP contribution in [0, 0.1) is 0 Å². The molecule has 11 heteroatoms. The van der Waals surface area contributed by atoms with E-state index in [4.69, 9.17) is 14.5 Å². The summed E-state index contributed by atoms with van der Waals surface area (Å²) in [6.45, 7) is 2.13. The number of anilines is 1. The van der Waals surface area contributed by atoms with Gasteiger partial charge in [0.1, 0.15) is 23.3 Å². The minimum absolute atomic E-state index is 0.0573. The molecule has 3 aromatic rings. The van der Waals surface area contributed by atoms with Gasteiger partial charge in [-0.05, 0) is 91.6 Å². The van der Waals surface area contributed by atoms with Crippen molar-refractivity contribution < 1.29 is 23.5 Å². The number of nitrogens with one attached hydrogen (secondary N) is 2. The fourth-order valence-electron chi connectivity index (χ4n) is 6.11. The summed E-state index contributed by atoms with van der Waals surface area (Å²) in [4.78, 5) is 46.8. The van der Waals surface area contributed by atoms with E-state index in [1.807, 2.05) is 12.3 Å². The van der Waals surface area contributed by atoms with E-state index in [2.05, 4.69) is 10.6 Å². The SMILES string of the molecule is COc1ccc(-c2cc(NC(=O)c3cc(CNC[C@@H]4CCCO4)cn(C4CC4)c3=O)nc(C3CC3)c2)c(C(=O)N2CC(F)C2)c1. The molecular weight excluding hydrogens is 577 g/mol. The van der Waals surface area contributed by atoms with E-state index in [9.17, 15) is 18.8 Å². The van der Waals surface area contributed by atoms with E-state index in [1.165, 1.54) is 12.0 Å². The summed E-state index contributed by atoms with van der Waals surface area (Å²) in [5, 5.41) is 6.31.